The van der Waals surface area contributed by atoms with E-state index in [1.807, 2.05) is 12.1 Å². The molecule has 2 N–H and O–H groups in total. The molecule has 0 aromatic carbocycles. The number of pyridine rings is 1. The van der Waals surface area contributed by atoms with E-state index in [0.29, 0.717) is 17.6 Å². The lowest BCUT2D eigenvalue weighted by molar-refractivity contribution is 0.241. The number of aromatic nitrogens is 3. The Morgan fingerprint density at radius 1 is 1.43 bits per heavy atom. The molecule has 1 fully saturated rings. The average Bonchev–Trinajstić information content (AvgIpc) is 3.25. The Morgan fingerprint density at radius 3 is 2.95 bits per heavy atom. The highest BCUT2D eigenvalue weighted by Gasteiger charge is 2.28. The van der Waals surface area contributed by atoms with Crippen LogP contribution in [-0.4, -0.2) is 21.2 Å². The number of nitrogens with two attached hydrogens (primary N) is 1. The van der Waals surface area contributed by atoms with Gasteiger partial charge in [-0.25, -0.2) is 0 Å². The lowest BCUT2D eigenvalue weighted by atomic mass is 10.1. The van der Waals surface area contributed by atoms with Crippen LogP contribution in [0.5, 0.6) is 5.75 Å². The van der Waals surface area contributed by atoms with E-state index in [2.05, 4.69) is 22.0 Å². The normalized spacial score (nSPS) is 15.9. The molecular formula is C15H20N4O2. The molecule has 112 valence electrons. The summed E-state index contributed by atoms with van der Waals surface area (Å²) in [6.45, 7) is 2.34. The third-order valence-corrected chi connectivity index (χ3v) is 3.58. The van der Waals surface area contributed by atoms with Gasteiger partial charge < -0.3 is 15.0 Å². The van der Waals surface area contributed by atoms with Crippen LogP contribution in [0.25, 0.3) is 0 Å². The van der Waals surface area contributed by atoms with Crippen LogP contribution < -0.4 is 10.5 Å². The molecule has 1 saturated carbocycles. The maximum Gasteiger partial charge on any atom is 0.264 e. The second-order valence-electron chi connectivity index (χ2n) is 5.47. The number of hydrogen-bond acceptors (Lipinski definition) is 6. The van der Waals surface area contributed by atoms with Gasteiger partial charge in [0.2, 0.25) is 0 Å². The van der Waals surface area contributed by atoms with E-state index < -0.39 is 0 Å². The van der Waals surface area contributed by atoms with E-state index in [-0.39, 0.29) is 12.6 Å². The third-order valence-electron chi connectivity index (χ3n) is 3.58. The average molecular weight is 288 g/mol. The molecule has 1 atom stereocenters. The molecule has 3 rings (SSSR count). The largest absolute Gasteiger partial charge is 0.482 e. The Hall–Kier alpha value is -1.95. The van der Waals surface area contributed by atoms with Gasteiger partial charge in [0, 0.05) is 24.1 Å². The van der Waals surface area contributed by atoms with E-state index in [0.717, 1.165) is 37.2 Å². The second-order valence-corrected chi connectivity index (χ2v) is 5.47. The number of nitrogens with zero attached hydrogens (tertiary/aromatic N) is 3. The first-order chi connectivity index (χ1) is 10.2. The summed E-state index contributed by atoms with van der Waals surface area (Å²) in [5.41, 5.74) is 6.89. The van der Waals surface area contributed by atoms with Gasteiger partial charge in [-0.1, -0.05) is 12.1 Å². The lowest BCUT2D eigenvalue weighted by Gasteiger charge is -2.08. The maximum absolute atomic E-state index is 5.91. The van der Waals surface area contributed by atoms with Crippen LogP contribution in [0.2, 0.25) is 0 Å². The van der Waals surface area contributed by atoms with Crippen molar-refractivity contribution in [3.63, 3.8) is 0 Å². The van der Waals surface area contributed by atoms with Crippen molar-refractivity contribution in [1.29, 1.82) is 0 Å². The van der Waals surface area contributed by atoms with Gasteiger partial charge in [0.25, 0.3) is 5.89 Å². The molecule has 0 saturated heterocycles. The van der Waals surface area contributed by atoms with Crippen LogP contribution in [0.3, 0.4) is 0 Å². The van der Waals surface area contributed by atoms with Crippen molar-refractivity contribution in [2.24, 2.45) is 5.73 Å². The molecule has 6 nitrogen and oxygen atoms in total. The van der Waals surface area contributed by atoms with E-state index >= 15 is 0 Å². The zero-order chi connectivity index (χ0) is 14.7. The summed E-state index contributed by atoms with van der Waals surface area (Å²) in [6.07, 6.45) is 5.75. The van der Waals surface area contributed by atoms with Crippen LogP contribution in [0.4, 0.5) is 0 Å². The Bertz CT molecular complexity index is 578. The van der Waals surface area contributed by atoms with E-state index in [4.69, 9.17) is 15.0 Å². The minimum Gasteiger partial charge on any atom is -0.482 e. The van der Waals surface area contributed by atoms with Crippen LogP contribution in [-0.2, 0) is 13.0 Å². The van der Waals surface area contributed by atoms with Gasteiger partial charge in [0.15, 0.2) is 12.4 Å². The Labute approximate surface area is 123 Å². The number of hydrogen-bond donors (Lipinski definition) is 1. The van der Waals surface area contributed by atoms with Gasteiger partial charge in [-0.2, -0.15) is 4.98 Å². The van der Waals surface area contributed by atoms with Crippen molar-refractivity contribution in [2.45, 2.75) is 51.2 Å². The standard InChI is InChI=1S/C15H20N4O2/c1-2-11(16)7-12-5-6-13(8-17-12)20-9-14-18-15(19-21-14)10-3-4-10/h5-6,8,10-11H,2-4,7,9,16H2,1H3. The Morgan fingerprint density at radius 2 is 2.29 bits per heavy atom. The quantitative estimate of drug-likeness (QED) is 0.840. The molecule has 6 heteroatoms. The zero-order valence-electron chi connectivity index (χ0n) is 12.2. The van der Waals surface area contributed by atoms with E-state index in [9.17, 15) is 0 Å². The molecule has 0 radical (unpaired) electrons. The van der Waals surface area contributed by atoms with Gasteiger partial charge in [0.1, 0.15) is 5.75 Å². The minimum atomic E-state index is 0.156. The van der Waals surface area contributed by atoms with Crippen LogP contribution in [0.1, 0.15) is 49.5 Å². The second kappa shape index (κ2) is 6.22. The summed E-state index contributed by atoms with van der Waals surface area (Å²) in [4.78, 5) is 8.67. The molecule has 0 aliphatic heterocycles. The summed E-state index contributed by atoms with van der Waals surface area (Å²) >= 11 is 0. The predicted octanol–water partition coefficient (Wildman–Crippen LogP) is 2.20. The molecular weight excluding hydrogens is 268 g/mol. The molecule has 0 spiro atoms. The van der Waals surface area contributed by atoms with E-state index in [1.165, 1.54) is 0 Å². The molecule has 0 bridgehead atoms. The van der Waals surface area contributed by atoms with Crippen LogP contribution >= 0.6 is 0 Å². The van der Waals surface area contributed by atoms with Crippen molar-refractivity contribution in [1.82, 2.24) is 15.1 Å². The molecule has 1 aliphatic carbocycles. The highest BCUT2D eigenvalue weighted by Crippen LogP contribution is 2.38. The molecule has 2 aromatic heterocycles. The van der Waals surface area contributed by atoms with Crippen molar-refractivity contribution < 1.29 is 9.26 Å². The van der Waals surface area contributed by atoms with Crippen molar-refractivity contribution >= 4 is 0 Å². The van der Waals surface area contributed by atoms with Gasteiger partial charge in [-0.05, 0) is 31.4 Å². The summed E-state index contributed by atoms with van der Waals surface area (Å²) in [5, 5.41) is 3.95. The van der Waals surface area contributed by atoms with Crippen molar-refractivity contribution in [3.05, 3.63) is 35.7 Å². The lowest BCUT2D eigenvalue weighted by Crippen LogP contribution is -2.21. The molecule has 1 aliphatic rings. The van der Waals surface area contributed by atoms with Crippen LogP contribution in [0.15, 0.2) is 22.9 Å². The molecule has 2 aromatic rings. The fourth-order valence-corrected chi connectivity index (χ4v) is 2.01. The summed E-state index contributed by atoms with van der Waals surface area (Å²) in [6, 6.07) is 3.99. The van der Waals surface area contributed by atoms with Crippen molar-refractivity contribution in [2.75, 3.05) is 0 Å². The fourth-order valence-electron chi connectivity index (χ4n) is 2.01. The van der Waals surface area contributed by atoms with Crippen LogP contribution in [0, 0.1) is 0 Å². The summed E-state index contributed by atoms with van der Waals surface area (Å²) in [7, 11) is 0. The smallest absolute Gasteiger partial charge is 0.264 e. The topological polar surface area (TPSA) is 87.1 Å². The zero-order valence-corrected chi connectivity index (χ0v) is 12.2. The Balaban J connectivity index is 1.52. The number of ether oxygens (including phenoxy) is 1. The predicted molar refractivity (Wildman–Crippen MR) is 76.8 cm³/mol. The molecule has 0 amide bonds. The molecule has 1 unspecified atom stereocenters. The van der Waals surface area contributed by atoms with E-state index in [1.54, 1.807) is 6.20 Å². The SMILES string of the molecule is CCC(N)Cc1ccc(OCc2nc(C3CC3)no2)cn1. The first-order valence-corrected chi connectivity index (χ1v) is 7.40. The Kier molecular flexibility index (Phi) is 4.15. The summed E-state index contributed by atoms with van der Waals surface area (Å²) < 4.78 is 10.8. The molecule has 21 heavy (non-hydrogen) atoms. The minimum absolute atomic E-state index is 0.156. The monoisotopic (exact) mass is 288 g/mol. The first kappa shape index (κ1) is 14.0. The fraction of sp³-hybridized carbons (Fsp3) is 0.533. The van der Waals surface area contributed by atoms with Gasteiger partial charge >= 0.3 is 0 Å². The highest BCUT2D eigenvalue weighted by molar-refractivity contribution is 5.20. The van der Waals surface area contributed by atoms with Crippen molar-refractivity contribution in [3.8, 4) is 5.75 Å². The summed E-state index contributed by atoms with van der Waals surface area (Å²) in [5.74, 6) is 2.49. The van der Waals surface area contributed by atoms with Gasteiger partial charge in [-0.15, -0.1) is 0 Å². The molecule has 2 heterocycles. The van der Waals surface area contributed by atoms with Gasteiger partial charge in [-0.3, -0.25) is 4.98 Å². The number of rotatable bonds is 7. The highest BCUT2D eigenvalue weighted by atomic mass is 16.5. The van der Waals surface area contributed by atoms with Gasteiger partial charge in [0.05, 0.1) is 6.20 Å². The maximum atomic E-state index is 5.91. The first-order valence-electron chi connectivity index (χ1n) is 7.40. The third kappa shape index (κ3) is 3.78.